The van der Waals surface area contributed by atoms with Gasteiger partial charge in [0.25, 0.3) is 0 Å². The zero-order chi connectivity index (χ0) is 18.8. The van der Waals surface area contributed by atoms with Crippen LogP contribution in [0.2, 0.25) is 5.02 Å². The summed E-state index contributed by atoms with van der Waals surface area (Å²) in [6.07, 6.45) is 2.64. The van der Waals surface area contributed by atoms with Crippen molar-refractivity contribution in [3.63, 3.8) is 0 Å². The van der Waals surface area contributed by atoms with Crippen LogP contribution in [0.15, 0.2) is 23.4 Å². The van der Waals surface area contributed by atoms with Gasteiger partial charge in [0.05, 0.1) is 10.4 Å². The number of aliphatic carboxylic acids is 1. The molecule has 1 unspecified atom stereocenters. The SMILES string of the molecule is CC(=O)NCCN(C(C)C(=O)O)S(=O)(=O)c1c[nH]c2nccc(Cl)c12. The van der Waals surface area contributed by atoms with Crippen LogP contribution in [0, 0.1) is 0 Å². The van der Waals surface area contributed by atoms with E-state index in [2.05, 4.69) is 15.3 Å². The highest BCUT2D eigenvalue weighted by atomic mass is 35.5. The van der Waals surface area contributed by atoms with Crippen LogP contribution in [-0.2, 0) is 19.6 Å². The highest BCUT2D eigenvalue weighted by Gasteiger charge is 2.35. The number of carbonyl (C=O) groups is 2. The summed E-state index contributed by atoms with van der Waals surface area (Å²) in [6, 6.07) is 0.109. The van der Waals surface area contributed by atoms with E-state index < -0.39 is 22.0 Å². The van der Waals surface area contributed by atoms with Gasteiger partial charge in [-0.1, -0.05) is 11.6 Å². The summed E-state index contributed by atoms with van der Waals surface area (Å²) in [5.74, 6) is -1.66. The van der Waals surface area contributed by atoms with E-state index in [0.717, 1.165) is 4.31 Å². The summed E-state index contributed by atoms with van der Waals surface area (Å²) in [5, 5.41) is 12.1. The molecule has 0 spiro atoms. The summed E-state index contributed by atoms with van der Waals surface area (Å²) < 4.78 is 26.9. The third-order valence-electron chi connectivity index (χ3n) is 3.57. The van der Waals surface area contributed by atoms with E-state index in [1.54, 1.807) is 0 Å². The Hall–Kier alpha value is -2.17. The van der Waals surface area contributed by atoms with Crippen LogP contribution in [0.4, 0.5) is 0 Å². The molecule has 25 heavy (non-hydrogen) atoms. The molecular weight excluding hydrogens is 372 g/mol. The van der Waals surface area contributed by atoms with Crippen molar-refractivity contribution in [1.82, 2.24) is 19.6 Å². The van der Waals surface area contributed by atoms with Crippen LogP contribution in [0.3, 0.4) is 0 Å². The van der Waals surface area contributed by atoms with Gasteiger partial charge < -0.3 is 15.4 Å². The number of aromatic amines is 1. The molecule has 2 aromatic heterocycles. The molecule has 0 aliphatic heterocycles. The normalized spacial score (nSPS) is 13.1. The Kier molecular flexibility index (Phi) is 5.65. The van der Waals surface area contributed by atoms with Crippen molar-refractivity contribution in [3.05, 3.63) is 23.5 Å². The number of nitrogens with one attached hydrogen (secondary N) is 2. The molecular formula is C14H17ClN4O5S. The van der Waals surface area contributed by atoms with Crippen LogP contribution in [-0.4, -0.2) is 58.8 Å². The second kappa shape index (κ2) is 7.38. The number of amides is 1. The van der Waals surface area contributed by atoms with E-state index in [-0.39, 0.29) is 39.9 Å². The molecule has 0 saturated heterocycles. The van der Waals surface area contributed by atoms with Gasteiger partial charge in [-0.15, -0.1) is 0 Å². The average molecular weight is 389 g/mol. The zero-order valence-corrected chi connectivity index (χ0v) is 15.1. The Bertz CT molecular complexity index is 911. The summed E-state index contributed by atoms with van der Waals surface area (Å²) >= 11 is 6.09. The quantitative estimate of drug-likeness (QED) is 0.643. The molecule has 0 aliphatic carbocycles. The molecule has 136 valence electrons. The maximum absolute atomic E-state index is 13.0. The fourth-order valence-corrected chi connectivity index (χ4v) is 4.37. The van der Waals surface area contributed by atoms with Gasteiger partial charge in [-0.05, 0) is 13.0 Å². The molecule has 0 fully saturated rings. The molecule has 3 N–H and O–H groups in total. The number of carbonyl (C=O) groups excluding carboxylic acids is 1. The number of halogens is 1. The van der Waals surface area contributed by atoms with Gasteiger partial charge in [-0.2, -0.15) is 4.31 Å². The molecule has 0 aromatic carbocycles. The highest BCUT2D eigenvalue weighted by Crippen LogP contribution is 2.30. The fourth-order valence-electron chi connectivity index (χ4n) is 2.31. The number of H-pyrrole nitrogens is 1. The van der Waals surface area contributed by atoms with Gasteiger partial charge in [0.1, 0.15) is 16.6 Å². The maximum atomic E-state index is 13.0. The van der Waals surface area contributed by atoms with Crippen LogP contribution in [0.25, 0.3) is 11.0 Å². The topological polar surface area (TPSA) is 132 Å². The van der Waals surface area contributed by atoms with Crippen molar-refractivity contribution in [2.45, 2.75) is 24.8 Å². The first kappa shape index (κ1) is 19.2. The molecule has 9 nitrogen and oxygen atoms in total. The minimum atomic E-state index is -4.20. The molecule has 2 aromatic rings. The number of carboxylic acid groups (broad SMARTS) is 1. The number of hydrogen-bond acceptors (Lipinski definition) is 5. The van der Waals surface area contributed by atoms with E-state index in [1.165, 1.54) is 32.3 Å². The predicted molar refractivity (Wildman–Crippen MR) is 90.8 cm³/mol. The molecule has 0 radical (unpaired) electrons. The zero-order valence-electron chi connectivity index (χ0n) is 13.5. The number of aromatic nitrogens is 2. The lowest BCUT2D eigenvalue weighted by Gasteiger charge is -2.25. The van der Waals surface area contributed by atoms with Crippen molar-refractivity contribution in [3.8, 4) is 0 Å². The summed E-state index contributed by atoms with van der Waals surface area (Å²) in [7, 11) is -4.20. The van der Waals surface area contributed by atoms with Gasteiger partial charge in [-0.3, -0.25) is 9.59 Å². The predicted octanol–water partition coefficient (Wildman–Crippen LogP) is 0.816. The maximum Gasteiger partial charge on any atom is 0.321 e. The lowest BCUT2D eigenvalue weighted by molar-refractivity contribution is -0.140. The Balaban J connectivity index is 2.49. The first-order valence-corrected chi connectivity index (χ1v) is 9.08. The standard InChI is InChI=1S/C14H17ClN4O5S/c1-8(14(21)22)19(6-5-16-9(2)20)25(23,24)11-7-18-13-12(11)10(15)3-4-17-13/h3-4,7-8H,5-6H2,1-2H3,(H,16,20)(H,17,18)(H,21,22). The smallest absolute Gasteiger partial charge is 0.321 e. The van der Waals surface area contributed by atoms with Crippen LogP contribution in [0.5, 0.6) is 0 Å². The van der Waals surface area contributed by atoms with E-state index >= 15 is 0 Å². The van der Waals surface area contributed by atoms with Gasteiger partial charge in [0, 0.05) is 32.4 Å². The second-order valence-corrected chi connectivity index (χ2v) is 7.55. The van der Waals surface area contributed by atoms with Crippen LogP contribution >= 0.6 is 11.6 Å². The number of pyridine rings is 1. The van der Waals surface area contributed by atoms with E-state index in [1.807, 2.05) is 0 Å². The second-order valence-electron chi connectivity index (χ2n) is 5.28. The largest absolute Gasteiger partial charge is 0.480 e. The van der Waals surface area contributed by atoms with Crippen molar-refractivity contribution in [2.24, 2.45) is 0 Å². The third kappa shape index (κ3) is 3.91. The average Bonchev–Trinajstić information content (AvgIpc) is 2.96. The van der Waals surface area contributed by atoms with Gasteiger partial charge in [0.2, 0.25) is 15.9 Å². The lowest BCUT2D eigenvalue weighted by Crippen LogP contribution is -2.46. The van der Waals surface area contributed by atoms with Gasteiger partial charge >= 0.3 is 5.97 Å². The Morgan fingerprint density at radius 1 is 1.48 bits per heavy atom. The van der Waals surface area contributed by atoms with E-state index in [4.69, 9.17) is 11.6 Å². The van der Waals surface area contributed by atoms with E-state index in [0.29, 0.717) is 0 Å². The Morgan fingerprint density at radius 2 is 2.16 bits per heavy atom. The minimum absolute atomic E-state index is 0.0273. The number of carboxylic acids is 1. The Labute approximate surface area is 149 Å². The molecule has 11 heteroatoms. The molecule has 0 bridgehead atoms. The highest BCUT2D eigenvalue weighted by molar-refractivity contribution is 7.89. The molecule has 0 aliphatic rings. The number of sulfonamides is 1. The first-order chi connectivity index (χ1) is 11.7. The molecule has 2 rings (SSSR count). The summed E-state index contributed by atoms with van der Waals surface area (Å²) in [4.78, 5) is 28.9. The van der Waals surface area contributed by atoms with Crippen molar-refractivity contribution in [2.75, 3.05) is 13.1 Å². The number of hydrogen-bond donors (Lipinski definition) is 3. The molecule has 1 atom stereocenters. The van der Waals surface area contributed by atoms with Crippen molar-refractivity contribution >= 4 is 44.5 Å². The lowest BCUT2D eigenvalue weighted by atomic mass is 10.3. The van der Waals surface area contributed by atoms with E-state index in [9.17, 15) is 23.1 Å². The fraction of sp³-hybridized carbons (Fsp3) is 0.357. The monoisotopic (exact) mass is 388 g/mol. The minimum Gasteiger partial charge on any atom is -0.480 e. The number of fused-ring (bicyclic) bond motifs is 1. The summed E-state index contributed by atoms with van der Waals surface area (Å²) in [5.41, 5.74) is 0.274. The van der Waals surface area contributed by atoms with Crippen molar-refractivity contribution < 1.29 is 23.1 Å². The van der Waals surface area contributed by atoms with Crippen LogP contribution < -0.4 is 5.32 Å². The molecule has 0 saturated carbocycles. The third-order valence-corrected chi connectivity index (χ3v) is 5.88. The molecule has 2 heterocycles. The van der Waals surface area contributed by atoms with Gasteiger partial charge in [0.15, 0.2) is 0 Å². The van der Waals surface area contributed by atoms with Crippen LogP contribution in [0.1, 0.15) is 13.8 Å². The summed E-state index contributed by atoms with van der Waals surface area (Å²) in [6.45, 7) is 2.30. The van der Waals surface area contributed by atoms with Gasteiger partial charge in [-0.25, -0.2) is 13.4 Å². The first-order valence-electron chi connectivity index (χ1n) is 7.27. The molecule has 1 amide bonds. The Morgan fingerprint density at radius 3 is 2.76 bits per heavy atom. The number of rotatable bonds is 7. The number of nitrogens with zero attached hydrogens (tertiary/aromatic N) is 2. The van der Waals surface area contributed by atoms with Crippen molar-refractivity contribution in [1.29, 1.82) is 0 Å².